The Labute approximate surface area is 237 Å². The van der Waals surface area contributed by atoms with Crippen molar-refractivity contribution >= 4 is 159 Å². The first-order valence-electron chi connectivity index (χ1n) is 6.98. The van der Waals surface area contributed by atoms with Gasteiger partial charge in [-0.3, -0.25) is 0 Å². The summed E-state index contributed by atoms with van der Waals surface area (Å²) in [5, 5.41) is 0. The minimum absolute atomic E-state index is 0.0175. The first kappa shape index (κ1) is 25.8. The van der Waals surface area contributed by atoms with Crippen LogP contribution in [0.4, 0.5) is 0 Å². The van der Waals surface area contributed by atoms with E-state index in [1.54, 1.807) is 0 Å². The highest BCUT2D eigenvalue weighted by Gasteiger charge is 2.61. The highest BCUT2D eigenvalue weighted by molar-refractivity contribution is 9.42. The van der Waals surface area contributed by atoms with Crippen LogP contribution in [0.5, 0.6) is 0 Å². The van der Waals surface area contributed by atoms with E-state index in [0.717, 1.165) is 14.5 Å². The smallest absolute Gasteiger partial charge is 0.0828 e. The lowest BCUT2D eigenvalue weighted by Crippen LogP contribution is -2.50. The van der Waals surface area contributed by atoms with Crippen LogP contribution in [0.3, 0.4) is 0 Å². The van der Waals surface area contributed by atoms with Crippen LogP contribution in [0.1, 0.15) is 12.5 Å². The zero-order valence-electron chi connectivity index (χ0n) is 12.8. The molecule has 1 aromatic carbocycles. The van der Waals surface area contributed by atoms with Crippen LogP contribution in [0.2, 0.25) is 0 Å². The number of allylic oxidation sites excluding steroid dienone is 4. The third-order valence-corrected chi connectivity index (χ3v) is 19.1. The lowest BCUT2D eigenvalue weighted by atomic mass is 9.73. The quantitative estimate of drug-likeness (QED) is 0.265. The molecule has 0 bridgehead atoms. The van der Waals surface area contributed by atoms with Crippen molar-refractivity contribution in [3.8, 4) is 0 Å². The molecule has 1 aliphatic carbocycles. The average molecular weight is 1000 g/mol. The Bertz CT molecular complexity index is 744. The molecule has 10 heteroatoms. The fraction of sp³-hybridized carbons (Fsp3) is 0.375. The molecule has 1 aliphatic rings. The van der Waals surface area contributed by atoms with E-state index in [-0.39, 0.29) is 10.2 Å². The molecule has 0 radical (unpaired) electrons. The first-order valence-corrected chi connectivity index (χ1v) is 15.0. The predicted molar refractivity (Wildman–Crippen MR) is 150 cm³/mol. The van der Waals surface area contributed by atoms with Crippen LogP contribution in [0.25, 0.3) is 0 Å². The predicted octanol–water partition coefficient (Wildman–Crippen LogP) is 10.5. The third kappa shape index (κ3) is 4.64. The molecule has 0 heterocycles. The van der Waals surface area contributed by atoms with Crippen molar-refractivity contribution in [2.75, 3.05) is 0 Å². The molecule has 2 unspecified atom stereocenters. The molecular weight excluding hydrogens is 991 g/mol. The molecule has 0 fully saturated rings. The maximum absolute atomic E-state index is 3.98. The van der Waals surface area contributed by atoms with Crippen molar-refractivity contribution in [2.24, 2.45) is 0 Å². The maximum atomic E-state index is 3.98. The van der Waals surface area contributed by atoms with Crippen molar-refractivity contribution in [3.63, 3.8) is 0 Å². The second-order valence-corrected chi connectivity index (χ2v) is 22.1. The second kappa shape index (κ2) is 9.16. The fourth-order valence-corrected chi connectivity index (χ4v) is 10.7. The van der Waals surface area contributed by atoms with Crippen LogP contribution in [0.15, 0.2) is 50.9 Å². The van der Waals surface area contributed by atoms with Gasteiger partial charge in [0.1, 0.15) is 6.47 Å². The van der Waals surface area contributed by atoms with Gasteiger partial charge in [0.2, 0.25) is 0 Å². The van der Waals surface area contributed by atoms with Gasteiger partial charge in [-0.25, -0.2) is 0 Å². The minimum atomic E-state index is -0.709. The standard InChI is InChI=1S/C16H10Br10/c1-13(8-5-3-2-4-6-8)7-9(17)11(18)10(12(13)19)14(20,21)15(22,23)16(24,25)26/h2-7,12H,1H3. The van der Waals surface area contributed by atoms with Crippen LogP contribution in [-0.2, 0) is 5.41 Å². The Morgan fingerprint density at radius 1 is 0.885 bits per heavy atom. The molecule has 2 atom stereocenters. The van der Waals surface area contributed by atoms with Crippen molar-refractivity contribution in [3.05, 3.63) is 56.5 Å². The van der Waals surface area contributed by atoms with E-state index >= 15 is 0 Å². The molecule has 0 amide bonds. The van der Waals surface area contributed by atoms with Gasteiger partial charge in [0.15, 0.2) is 2.14 Å². The summed E-state index contributed by atoms with van der Waals surface area (Å²) in [6.45, 7) is 2.21. The normalized spacial score (nSPS) is 25.3. The molecule has 0 saturated heterocycles. The monoisotopic (exact) mass is 991 g/mol. The first-order chi connectivity index (χ1) is 11.7. The molecule has 0 aromatic heterocycles. The lowest BCUT2D eigenvalue weighted by molar-refractivity contribution is 0.583. The molecule has 0 aliphatic heterocycles. The minimum Gasteiger partial charge on any atom is -0.0828 e. The third-order valence-electron chi connectivity index (χ3n) is 4.14. The Kier molecular flexibility index (Phi) is 9.08. The molecular formula is C16H10Br10. The molecule has 26 heavy (non-hydrogen) atoms. The van der Waals surface area contributed by atoms with Gasteiger partial charge in [-0.15, -0.1) is 0 Å². The Hall–Kier alpha value is 3.50. The maximum Gasteiger partial charge on any atom is 0.162 e. The van der Waals surface area contributed by atoms with Gasteiger partial charge in [-0.05, 0) is 43.0 Å². The van der Waals surface area contributed by atoms with Crippen molar-refractivity contribution in [2.45, 2.75) is 25.8 Å². The summed E-state index contributed by atoms with van der Waals surface area (Å²) in [6, 6.07) is 10.4. The highest BCUT2D eigenvalue weighted by Crippen LogP contribution is 2.67. The Morgan fingerprint density at radius 3 is 1.85 bits per heavy atom. The van der Waals surface area contributed by atoms with Crippen LogP contribution in [-0.4, -0.2) is 13.4 Å². The molecule has 0 saturated carbocycles. The van der Waals surface area contributed by atoms with E-state index in [2.05, 4.69) is 197 Å². The SMILES string of the molecule is CC1(c2ccccc2)C=C(Br)C(Br)=C(C(Br)(Br)C(Br)(Br)C(Br)(Br)Br)C1Br. The largest absolute Gasteiger partial charge is 0.162 e. The van der Waals surface area contributed by atoms with Gasteiger partial charge in [-0.2, -0.15) is 0 Å². The van der Waals surface area contributed by atoms with Crippen molar-refractivity contribution in [1.82, 2.24) is 0 Å². The van der Waals surface area contributed by atoms with E-state index in [0.29, 0.717) is 0 Å². The molecule has 1 aromatic rings. The van der Waals surface area contributed by atoms with Gasteiger partial charge in [0, 0.05) is 14.4 Å². The zero-order valence-corrected chi connectivity index (χ0v) is 28.7. The van der Waals surface area contributed by atoms with Gasteiger partial charge >= 0.3 is 0 Å². The van der Waals surface area contributed by atoms with E-state index < -0.39 is 8.61 Å². The van der Waals surface area contributed by atoms with E-state index in [4.69, 9.17) is 0 Å². The fourth-order valence-electron chi connectivity index (χ4n) is 2.61. The summed E-state index contributed by atoms with van der Waals surface area (Å²) in [5.74, 6) is 0. The molecule has 0 N–H and O–H groups in total. The van der Waals surface area contributed by atoms with Gasteiger partial charge in [0.25, 0.3) is 0 Å². The Morgan fingerprint density at radius 2 is 1.38 bits per heavy atom. The van der Waals surface area contributed by atoms with E-state index in [1.165, 1.54) is 5.56 Å². The Balaban J connectivity index is 2.69. The summed E-state index contributed by atoms with van der Waals surface area (Å²) >= 11 is 37.8. The molecule has 2 rings (SSSR count). The van der Waals surface area contributed by atoms with E-state index in [9.17, 15) is 0 Å². The van der Waals surface area contributed by atoms with Crippen LogP contribution >= 0.6 is 159 Å². The average Bonchev–Trinajstić information content (AvgIpc) is 2.52. The van der Waals surface area contributed by atoms with Crippen LogP contribution in [0, 0.1) is 0 Å². The summed E-state index contributed by atoms with van der Waals surface area (Å²) in [4.78, 5) is -0.0175. The summed E-state index contributed by atoms with van der Waals surface area (Å²) < 4.78 is -0.126. The zero-order chi connectivity index (χ0) is 20.1. The highest BCUT2D eigenvalue weighted by atomic mass is 80.0. The van der Waals surface area contributed by atoms with Gasteiger partial charge in [0.05, 0.1) is 4.83 Å². The molecule has 144 valence electrons. The number of benzene rings is 1. The summed E-state index contributed by atoms with van der Waals surface area (Å²) in [7, 11) is 0. The summed E-state index contributed by atoms with van der Waals surface area (Å²) in [5.41, 5.74) is 2.00. The number of rotatable bonds is 3. The van der Waals surface area contributed by atoms with E-state index in [1.807, 2.05) is 6.07 Å². The van der Waals surface area contributed by atoms with Gasteiger partial charge in [-0.1, -0.05) is 171 Å². The number of hydrogen-bond donors (Lipinski definition) is 0. The second-order valence-electron chi connectivity index (χ2n) is 5.88. The topological polar surface area (TPSA) is 0 Å². The van der Waals surface area contributed by atoms with Gasteiger partial charge < -0.3 is 0 Å². The summed E-state index contributed by atoms with van der Waals surface area (Å²) in [6.07, 6.45) is 2.22. The number of alkyl halides is 8. The number of halogens is 10. The molecule has 0 spiro atoms. The van der Waals surface area contributed by atoms with Crippen molar-refractivity contribution in [1.29, 1.82) is 0 Å². The molecule has 0 nitrogen and oxygen atoms in total. The number of hydrogen-bond acceptors (Lipinski definition) is 0. The lowest BCUT2D eigenvalue weighted by Gasteiger charge is -2.48. The van der Waals surface area contributed by atoms with Crippen molar-refractivity contribution < 1.29 is 0 Å². The van der Waals surface area contributed by atoms with Crippen LogP contribution < -0.4 is 0 Å².